The maximum absolute atomic E-state index is 12.8. The molecule has 0 aliphatic rings. The number of rotatable bonds is 43. The van der Waals surface area contributed by atoms with E-state index < -0.39 is 20.0 Å². The molecule has 0 aromatic heterocycles. The van der Waals surface area contributed by atoms with E-state index in [1.54, 1.807) is 0 Å². The fourth-order valence-electron chi connectivity index (χ4n) is 6.80. The van der Waals surface area contributed by atoms with Crippen molar-refractivity contribution in [2.45, 2.75) is 219 Å². The number of carbonyl (C=O) groups is 1. The van der Waals surface area contributed by atoms with Gasteiger partial charge in [0.2, 0.25) is 5.91 Å². The summed E-state index contributed by atoms with van der Waals surface area (Å²) in [7, 11) is 1.30. The summed E-state index contributed by atoms with van der Waals surface area (Å²) in [6.07, 6.45) is 51.9. The van der Waals surface area contributed by atoms with E-state index in [4.69, 9.17) is 9.05 Å². The summed E-state index contributed by atoms with van der Waals surface area (Å²) in [4.78, 5) is 25.1. The summed E-state index contributed by atoms with van der Waals surface area (Å²) in [6.45, 7) is 4.51. The predicted molar refractivity (Wildman–Crippen MR) is 247 cm³/mol. The zero-order chi connectivity index (χ0) is 42.8. The molecule has 0 bridgehead atoms. The molecule has 9 heteroatoms. The van der Waals surface area contributed by atoms with Crippen molar-refractivity contribution in [1.29, 1.82) is 0 Å². The Morgan fingerprint density at radius 1 is 0.621 bits per heavy atom. The van der Waals surface area contributed by atoms with Gasteiger partial charge in [0.1, 0.15) is 13.2 Å². The highest BCUT2D eigenvalue weighted by Crippen LogP contribution is 2.38. The van der Waals surface area contributed by atoms with E-state index in [0.717, 1.165) is 77.0 Å². The Labute approximate surface area is 359 Å². The second-order valence-electron chi connectivity index (χ2n) is 17.4. The zero-order valence-electron chi connectivity index (χ0n) is 38.5. The average Bonchev–Trinajstić information content (AvgIpc) is 3.17. The molecule has 0 aromatic carbocycles. The number of hydrogen-bond donors (Lipinski definition) is 2. The molecule has 0 fully saturated rings. The molecule has 0 rings (SSSR count). The second kappa shape index (κ2) is 40.8. The second-order valence-corrected chi connectivity index (χ2v) is 18.8. The fraction of sp³-hybridized carbons (Fsp3) is 0.816. The van der Waals surface area contributed by atoms with Gasteiger partial charge in [-0.1, -0.05) is 197 Å². The molecule has 340 valence electrons. The molecule has 2 N–H and O–H groups in total. The Hall–Kier alpha value is -1.54. The van der Waals surface area contributed by atoms with E-state index in [2.05, 4.69) is 67.8 Å². The van der Waals surface area contributed by atoms with Crippen molar-refractivity contribution in [3.05, 3.63) is 48.6 Å². The minimum atomic E-state index is -4.55. The van der Waals surface area contributed by atoms with Gasteiger partial charge in [-0.05, 0) is 51.4 Å². The number of aliphatic hydroxyl groups excluding tert-OH is 1. The first-order valence-electron chi connectivity index (χ1n) is 24.0. The van der Waals surface area contributed by atoms with Gasteiger partial charge in [-0.3, -0.25) is 9.36 Å². The van der Waals surface area contributed by atoms with Crippen LogP contribution in [0, 0.1) is 0 Å². The summed E-state index contributed by atoms with van der Waals surface area (Å²) in [5, 5.41) is 13.7. The predicted octanol–water partition coefficient (Wildman–Crippen LogP) is 13.0. The molecule has 0 aliphatic carbocycles. The van der Waals surface area contributed by atoms with E-state index in [9.17, 15) is 19.4 Å². The number of amides is 1. The molecule has 3 atom stereocenters. The molecule has 0 spiro atoms. The normalized spacial score (nSPS) is 14.7. The first kappa shape index (κ1) is 56.5. The third-order valence-corrected chi connectivity index (χ3v) is 11.5. The quantitative estimate of drug-likeness (QED) is 0.0274. The van der Waals surface area contributed by atoms with E-state index >= 15 is 0 Å². The molecular weight excluding hydrogens is 744 g/mol. The minimum Gasteiger partial charge on any atom is -0.756 e. The topological polar surface area (TPSA) is 108 Å². The minimum absolute atomic E-state index is 0.0113. The molecule has 3 unspecified atom stereocenters. The lowest BCUT2D eigenvalue weighted by molar-refractivity contribution is -0.870. The van der Waals surface area contributed by atoms with Crippen LogP contribution in [-0.4, -0.2) is 68.5 Å². The first-order chi connectivity index (χ1) is 28.0. The Bertz CT molecular complexity index is 1090. The molecule has 58 heavy (non-hydrogen) atoms. The van der Waals surface area contributed by atoms with E-state index in [1.807, 2.05) is 21.1 Å². The maximum Gasteiger partial charge on any atom is 0.268 e. The summed E-state index contributed by atoms with van der Waals surface area (Å²) in [5.74, 6) is -0.172. The van der Waals surface area contributed by atoms with Gasteiger partial charge in [-0.15, -0.1) is 0 Å². The van der Waals surface area contributed by atoms with Crippen LogP contribution in [0.15, 0.2) is 48.6 Å². The largest absolute Gasteiger partial charge is 0.756 e. The highest BCUT2D eigenvalue weighted by Gasteiger charge is 2.24. The molecule has 0 aromatic rings. The smallest absolute Gasteiger partial charge is 0.268 e. The van der Waals surface area contributed by atoms with Gasteiger partial charge >= 0.3 is 0 Å². The van der Waals surface area contributed by atoms with Crippen molar-refractivity contribution < 1.29 is 32.9 Å². The van der Waals surface area contributed by atoms with Gasteiger partial charge in [0.05, 0.1) is 39.9 Å². The molecule has 0 radical (unpaired) electrons. The van der Waals surface area contributed by atoms with Crippen molar-refractivity contribution in [2.75, 3.05) is 40.9 Å². The van der Waals surface area contributed by atoms with Gasteiger partial charge < -0.3 is 28.8 Å². The van der Waals surface area contributed by atoms with Gasteiger partial charge in [0.15, 0.2) is 0 Å². The van der Waals surface area contributed by atoms with Crippen molar-refractivity contribution >= 4 is 13.7 Å². The lowest BCUT2D eigenvalue weighted by Crippen LogP contribution is -2.46. The van der Waals surface area contributed by atoms with E-state index in [-0.39, 0.29) is 19.1 Å². The number of allylic oxidation sites excluding steroid dienone is 8. The van der Waals surface area contributed by atoms with Crippen molar-refractivity contribution in [1.82, 2.24) is 5.32 Å². The van der Waals surface area contributed by atoms with Crippen LogP contribution in [0.5, 0.6) is 0 Å². The number of nitrogens with one attached hydrogen (secondary N) is 1. The standard InChI is InChI=1S/C49H93N2O6P/c1-6-8-10-12-13-14-15-16-17-18-19-20-21-22-23-24-25-26-27-28-29-30-31-32-33-34-35-36-37-39-41-43-49(53)50-47(48(52)42-40-38-11-9-7-2)46-57-58(54,55)56-45-44-51(3,4)5/h8,10,13-14,16-17,19-20,47-48,52H,6-7,9,11-12,15,18,21-46H2,1-5H3,(H-,50,53,54,55)/b10-8-,14-13-,17-16-,20-19-. The maximum atomic E-state index is 12.8. The fourth-order valence-corrected chi connectivity index (χ4v) is 7.52. The summed E-state index contributed by atoms with van der Waals surface area (Å²) < 4.78 is 23.1. The zero-order valence-corrected chi connectivity index (χ0v) is 39.4. The highest BCUT2D eigenvalue weighted by molar-refractivity contribution is 7.45. The number of aliphatic hydroxyl groups is 1. The number of quaternary nitrogens is 1. The highest BCUT2D eigenvalue weighted by atomic mass is 31.2. The third kappa shape index (κ3) is 42.6. The van der Waals surface area contributed by atoms with Crippen LogP contribution in [-0.2, 0) is 18.4 Å². The number of hydrogen-bond acceptors (Lipinski definition) is 6. The molecule has 1 amide bonds. The summed E-state index contributed by atoms with van der Waals surface area (Å²) >= 11 is 0. The van der Waals surface area contributed by atoms with Crippen LogP contribution in [0.25, 0.3) is 0 Å². The number of likely N-dealkylation sites (N-methyl/N-ethyl adjacent to an activating group) is 1. The van der Waals surface area contributed by atoms with Crippen LogP contribution >= 0.6 is 7.82 Å². The number of carbonyl (C=O) groups excluding carboxylic acids is 1. The first-order valence-corrected chi connectivity index (χ1v) is 25.4. The number of unbranched alkanes of at least 4 members (excludes halogenated alkanes) is 22. The van der Waals surface area contributed by atoms with Gasteiger partial charge in [0.25, 0.3) is 7.82 Å². The molecular formula is C49H93N2O6P. The number of nitrogens with zero attached hydrogens (tertiary/aromatic N) is 1. The van der Waals surface area contributed by atoms with Crippen LogP contribution < -0.4 is 10.2 Å². The lowest BCUT2D eigenvalue weighted by Gasteiger charge is -2.30. The van der Waals surface area contributed by atoms with Crippen LogP contribution in [0.3, 0.4) is 0 Å². The van der Waals surface area contributed by atoms with E-state index in [0.29, 0.717) is 23.9 Å². The van der Waals surface area contributed by atoms with E-state index in [1.165, 1.54) is 103 Å². The Balaban J connectivity index is 3.84. The SMILES string of the molecule is CC/C=C\C/C=C\C/C=C\C/C=C\CCCCCCCCCCCCCCCCCCCCC(=O)NC(COP(=O)([O-])OCC[N+](C)(C)C)C(O)CCCCCCC. The van der Waals surface area contributed by atoms with Crippen LogP contribution in [0.4, 0.5) is 0 Å². The molecule has 0 aliphatic heterocycles. The van der Waals surface area contributed by atoms with Crippen molar-refractivity contribution in [3.63, 3.8) is 0 Å². The molecule has 0 heterocycles. The summed E-state index contributed by atoms with van der Waals surface area (Å²) in [5.41, 5.74) is 0. The van der Waals surface area contributed by atoms with Crippen LogP contribution in [0.1, 0.15) is 206 Å². The molecule has 8 nitrogen and oxygen atoms in total. The number of phosphoric ester groups is 1. The van der Waals surface area contributed by atoms with Gasteiger partial charge in [0, 0.05) is 6.42 Å². The monoisotopic (exact) mass is 837 g/mol. The third-order valence-electron chi connectivity index (χ3n) is 10.6. The molecule has 0 saturated carbocycles. The Morgan fingerprint density at radius 2 is 1.05 bits per heavy atom. The Morgan fingerprint density at radius 3 is 1.53 bits per heavy atom. The van der Waals surface area contributed by atoms with Gasteiger partial charge in [-0.25, -0.2) is 0 Å². The molecule has 0 saturated heterocycles. The van der Waals surface area contributed by atoms with Gasteiger partial charge in [-0.2, -0.15) is 0 Å². The van der Waals surface area contributed by atoms with Crippen molar-refractivity contribution in [2.24, 2.45) is 0 Å². The average molecular weight is 837 g/mol. The summed E-state index contributed by atoms with van der Waals surface area (Å²) in [6, 6.07) is -0.795. The Kier molecular flexibility index (Phi) is 39.8. The number of phosphoric acid groups is 1. The van der Waals surface area contributed by atoms with Crippen molar-refractivity contribution in [3.8, 4) is 0 Å². The lowest BCUT2D eigenvalue weighted by atomic mass is 10.0. The van der Waals surface area contributed by atoms with Crippen LogP contribution in [0.2, 0.25) is 0 Å².